The van der Waals surface area contributed by atoms with Crippen molar-refractivity contribution in [2.75, 3.05) is 5.32 Å². The topological polar surface area (TPSA) is 12.0 Å². The Morgan fingerprint density at radius 1 is 1.41 bits per heavy atom. The normalized spacial score (nSPS) is 26.8. The van der Waals surface area contributed by atoms with Gasteiger partial charge in [0.25, 0.3) is 0 Å². The number of halogens is 2. The van der Waals surface area contributed by atoms with Gasteiger partial charge in [0.15, 0.2) is 0 Å². The smallest absolute Gasteiger partial charge is 0.0508 e. The molecule has 0 aromatic heterocycles. The van der Waals surface area contributed by atoms with E-state index in [1.54, 1.807) is 0 Å². The van der Waals surface area contributed by atoms with E-state index in [4.69, 9.17) is 23.2 Å². The zero-order chi connectivity index (χ0) is 12.8. The van der Waals surface area contributed by atoms with Crippen molar-refractivity contribution in [1.29, 1.82) is 0 Å². The molecule has 3 heteroatoms. The summed E-state index contributed by atoms with van der Waals surface area (Å²) in [4.78, 5) is -0.111. The van der Waals surface area contributed by atoms with Gasteiger partial charge in [0, 0.05) is 22.3 Å². The van der Waals surface area contributed by atoms with E-state index in [2.05, 4.69) is 11.9 Å². The standard InChI is InChI=1S/C14H17Cl2N/c1-8-5-11(6-9(2)13(8)15)17-10(3)12-7-14(12,4)16/h5-6,12,17H,3,7H2,1-2,4H3. The van der Waals surface area contributed by atoms with Crippen LogP contribution in [0.3, 0.4) is 0 Å². The first-order valence-corrected chi connectivity index (χ1v) is 6.48. The van der Waals surface area contributed by atoms with Gasteiger partial charge in [-0.15, -0.1) is 11.6 Å². The lowest BCUT2D eigenvalue weighted by Crippen LogP contribution is -2.06. The summed E-state index contributed by atoms with van der Waals surface area (Å²) in [6, 6.07) is 4.07. The zero-order valence-corrected chi connectivity index (χ0v) is 11.9. The second-order valence-electron chi connectivity index (χ2n) is 5.11. The van der Waals surface area contributed by atoms with Crippen LogP contribution in [-0.2, 0) is 0 Å². The number of rotatable bonds is 3. The molecular formula is C14H17Cl2N. The van der Waals surface area contributed by atoms with E-state index in [1.165, 1.54) is 0 Å². The maximum atomic E-state index is 6.23. The lowest BCUT2D eigenvalue weighted by molar-refractivity contribution is 0.898. The predicted octanol–water partition coefficient (Wildman–Crippen LogP) is 4.90. The highest BCUT2D eigenvalue weighted by molar-refractivity contribution is 6.32. The van der Waals surface area contributed by atoms with Crippen molar-refractivity contribution in [2.45, 2.75) is 32.1 Å². The van der Waals surface area contributed by atoms with Gasteiger partial charge in [0.1, 0.15) is 0 Å². The molecule has 0 spiro atoms. The van der Waals surface area contributed by atoms with Crippen molar-refractivity contribution in [3.05, 3.63) is 40.6 Å². The Morgan fingerprint density at radius 3 is 2.29 bits per heavy atom. The number of allylic oxidation sites excluding steroid dienone is 1. The molecule has 0 saturated heterocycles. The molecule has 1 nitrogen and oxygen atoms in total. The predicted molar refractivity (Wildman–Crippen MR) is 76.1 cm³/mol. The van der Waals surface area contributed by atoms with Gasteiger partial charge in [0.2, 0.25) is 0 Å². The van der Waals surface area contributed by atoms with E-state index in [1.807, 2.05) is 32.9 Å². The third kappa shape index (κ3) is 2.61. The fourth-order valence-electron chi connectivity index (χ4n) is 2.12. The van der Waals surface area contributed by atoms with Crippen molar-refractivity contribution < 1.29 is 0 Å². The Bertz CT molecular complexity index is 454. The molecule has 2 rings (SSSR count). The van der Waals surface area contributed by atoms with E-state index in [-0.39, 0.29) is 4.87 Å². The highest BCUT2D eigenvalue weighted by Gasteiger charge is 2.50. The Kier molecular flexibility index (Phi) is 3.17. The third-order valence-corrected chi connectivity index (χ3v) is 4.35. The van der Waals surface area contributed by atoms with Crippen LogP contribution in [0.15, 0.2) is 24.4 Å². The molecule has 2 unspecified atom stereocenters. The van der Waals surface area contributed by atoms with Gasteiger partial charge >= 0.3 is 0 Å². The molecule has 1 aliphatic carbocycles. The van der Waals surface area contributed by atoms with Gasteiger partial charge in [-0.2, -0.15) is 0 Å². The van der Waals surface area contributed by atoms with Gasteiger partial charge in [-0.05, 0) is 50.5 Å². The van der Waals surface area contributed by atoms with Crippen molar-refractivity contribution in [2.24, 2.45) is 5.92 Å². The summed E-state index contributed by atoms with van der Waals surface area (Å²) in [6.45, 7) is 10.1. The summed E-state index contributed by atoms with van der Waals surface area (Å²) in [5, 5.41) is 4.16. The number of benzene rings is 1. The summed E-state index contributed by atoms with van der Waals surface area (Å²) >= 11 is 12.4. The first-order valence-electron chi connectivity index (χ1n) is 5.73. The minimum atomic E-state index is -0.111. The van der Waals surface area contributed by atoms with E-state index >= 15 is 0 Å². The monoisotopic (exact) mass is 269 g/mol. The van der Waals surface area contributed by atoms with Crippen LogP contribution in [0.25, 0.3) is 0 Å². The maximum Gasteiger partial charge on any atom is 0.0508 e. The molecule has 1 aromatic carbocycles. The molecule has 0 radical (unpaired) electrons. The molecule has 1 N–H and O–H groups in total. The van der Waals surface area contributed by atoms with Crippen molar-refractivity contribution in [3.63, 3.8) is 0 Å². The number of hydrogen-bond acceptors (Lipinski definition) is 1. The summed E-state index contributed by atoms with van der Waals surface area (Å²) in [6.07, 6.45) is 0.992. The molecule has 1 aromatic rings. The number of hydrogen-bond donors (Lipinski definition) is 1. The largest absolute Gasteiger partial charge is 0.359 e. The molecule has 0 bridgehead atoms. The molecular weight excluding hydrogens is 253 g/mol. The van der Waals surface area contributed by atoms with Crippen LogP contribution in [0.5, 0.6) is 0 Å². The van der Waals surface area contributed by atoms with Crippen LogP contribution in [0.4, 0.5) is 5.69 Å². The van der Waals surface area contributed by atoms with Crippen LogP contribution in [0, 0.1) is 19.8 Å². The van der Waals surface area contributed by atoms with E-state index in [9.17, 15) is 0 Å². The van der Waals surface area contributed by atoms with Crippen LogP contribution in [-0.4, -0.2) is 4.87 Å². The van der Waals surface area contributed by atoms with Crippen LogP contribution < -0.4 is 5.32 Å². The van der Waals surface area contributed by atoms with Gasteiger partial charge < -0.3 is 5.32 Å². The van der Waals surface area contributed by atoms with Gasteiger partial charge in [-0.25, -0.2) is 0 Å². The zero-order valence-electron chi connectivity index (χ0n) is 10.4. The molecule has 2 atom stereocenters. The fraction of sp³-hybridized carbons (Fsp3) is 0.429. The Labute approximate surface area is 113 Å². The third-order valence-electron chi connectivity index (χ3n) is 3.33. The van der Waals surface area contributed by atoms with Crippen LogP contribution in [0.1, 0.15) is 24.5 Å². The van der Waals surface area contributed by atoms with Crippen LogP contribution in [0.2, 0.25) is 5.02 Å². The van der Waals surface area contributed by atoms with Crippen LogP contribution >= 0.6 is 23.2 Å². The lowest BCUT2D eigenvalue weighted by Gasteiger charge is -2.13. The first-order chi connectivity index (χ1) is 7.81. The van der Waals surface area contributed by atoms with Crippen molar-refractivity contribution >= 4 is 28.9 Å². The first kappa shape index (κ1) is 12.8. The Balaban J connectivity index is 2.12. The van der Waals surface area contributed by atoms with E-state index in [0.29, 0.717) is 5.92 Å². The SMILES string of the molecule is C=C(Nc1cc(C)c(Cl)c(C)c1)C1CC1(C)Cl. The minimum Gasteiger partial charge on any atom is -0.359 e. The fourth-order valence-corrected chi connectivity index (χ4v) is 2.51. The van der Waals surface area contributed by atoms with E-state index < -0.39 is 0 Å². The summed E-state index contributed by atoms with van der Waals surface area (Å²) < 4.78 is 0. The summed E-state index contributed by atoms with van der Waals surface area (Å²) in [5.74, 6) is 0.362. The molecule has 0 heterocycles. The second kappa shape index (κ2) is 4.22. The van der Waals surface area contributed by atoms with E-state index in [0.717, 1.165) is 34.0 Å². The number of alkyl halides is 1. The van der Waals surface area contributed by atoms with Gasteiger partial charge in [-0.3, -0.25) is 0 Å². The molecule has 17 heavy (non-hydrogen) atoms. The summed E-state index contributed by atoms with van der Waals surface area (Å²) in [5.41, 5.74) is 4.18. The average Bonchev–Trinajstić information content (AvgIpc) is 2.84. The molecule has 92 valence electrons. The Morgan fingerprint density at radius 2 is 1.88 bits per heavy atom. The average molecular weight is 270 g/mol. The number of anilines is 1. The molecule has 0 amide bonds. The Hall–Kier alpha value is -0.660. The highest BCUT2D eigenvalue weighted by atomic mass is 35.5. The number of nitrogens with one attached hydrogen (secondary N) is 1. The maximum absolute atomic E-state index is 6.23. The van der Waals surface area contributed by atoms with Crippen molar-refractivity contribution in [1.82, 2.24) is 0 Å². The quantitative estimate of drug-likeness (QED) is 0.770. The summed E-state index contributed by atoms with van der Waals surface area (Å²) in [7, 11) is 0. The van der Waals surface area contributed by atoms with Crippen molar-refractivity contribution in [3.8, 4) is 0 Å². The molecule has 1 saturated carbocycles. The van der Waals surface area contributed by atoms with Gasteiger partial charge in [-0.1, -0.05) is 18.2 Å². The highest BCUT2D eigenvalue weighted by Crippen LogP contribution is 2.52. The number of aryl methyl sites for hydroxylation is 2. The second-order valence-corrected chi connectivity index (χ2v) is 6.35. The molecule has 0 aliphatic heterocycles. The lowest BCUT2D eigenvalue weighted by atomic mass is 10.1. The molecule has 1 aliphatic rings. The molecule has 1 fully saturated rings. The minimum absolute atomic E-state index is 0.111. The van der Waals surface area contributed by atoms with Gasteiger partial charge in [0.05, 0.1) is 4.87 Å².